The van der Waals surface area contributed by atoms with E-state index in [1.54, 1.807) is 0 Å². The van der Waals surface area contributed by atoms with E-state index in [9.17, 15) is 5.11 Å². The van der Waals surface area contributed by atoms with Crippen LogP contribution in [0.5, 0.6) is 11.5 Å². The van der Waals surface area contributed by atoms with Crippen LogP contribution in [0.15, 0.2) is 16.6 Å². The lowest BCUT2D eigenvalue weighted by Crippen LogP contribution is -2.24. The summed E-state index contributed by atoms with van der Waals surface area (Å²) in [6.45, 7) is 4.81. The Bertz CT molecular complexity index is 454. The maximum atomic E-state index is 9.31. The van der Waals surface area contributed by atoms with Gasteiger partial charge in [-0.3, -0.25) is 0 Å². The van der Waals surface area contributed by atoms with Crippen LogP contribution in [0.3, 0.4) is 0 Å². The molecule has 0 heterocycles. The van der Waals surface area contributed by atoms with Crippen LogP contribution in [0.4, 0.5) is 0 Å². The molecule has 1 aromatic rings. The lowest BCUT2D eigenvalue weighted by Gasteiger charge is -2.29. The molecular formula is C17H25BrO3. The zero-order valence-corrected chi connectivity index (χ0v) is 14.5. The van der Waals surface area contributed by atoms with E-state index in [0.717, 1.165) is 34.5 Å². The summed E-state index contributed by atoms with van der Waals surface area (Å²) >= 11 is 3.55. The van der Waals surface area contributed by atoms with Gasteiger partial charge in [-0.2, -0.15) is 0 Å². The molecule has 0 atom stereocenters. The van der Waals surface area contributed by atoms with Crippen LogP contribution >= 0.6 is 15.9 Å². The molecule has 0 amide bonds. The Kier molecular flexibility index (Phi) is 6.37. The molecule has 4 heteroatoms. The first-order valence-corrected chi connectivity index (χ1v) is 8.69. The number of aliphatic hydroxyl groups is 1. The monoisotopic (exact) mass is 356 g/mol. The first-order valence-electron chi connectivity index (χ1n) is 7.90. The van der Waals surface area contributed by atoms with Gasteiger partial charge < -0.3 is 14.6 Å². The Balaban J connectivity index is 2.11. The quantitative estimate of drug-likeness (QED) is 0.803. The summed E-state index contributed by atoms with van der Waals surface area (Å²) in [7, 11) is 0. The Morgan fingerprint density at radius 3 is 2.48 bits per heavy atom. The molecule has 1 aliphatic rings. The summed E-state index contributed by atoms with van der Waals surface area (Å²) in [6.07, 6.45) is 6.25. The molecule has 1 saturated carbocycles. The molecule has 2 rings (SSSR count). The minimum absolute atomic E-state index is 0.000558. The molecule has 118 valence electrons. The number of benzene rings is 1. The summed E-state index contributed by atoms with van der Waals surface area (Å²) in [6, 6.07) is 3.76. The van der Waals surface area contributed by atoms with Gasteiger partial charge in [0, 0.05) is 0 Å². The van der Waals surface area contributed by atoms with Gasteiger partial charge >= 0.3 is 0 Å². The highest BCUT2D eigenvalue weighted by Crippen LogP contribution is 2.39. The fourth-order valence-electron chi connectivity index (χ4n) is 2.91. The fourth-order valence-corrected chi connectivity index (χ4v) is 3.50. The maximum absolute atomic E-state index is 9.31. The molecule has 21 heavy (non-hydrogen) atoms. The Morgan fingerprint density at radius 2 is 1.90 bits per heavy atom. The molecule has 0 aromatic heterocycles. The van der Waals surface area contributed by atoms with E-state index in [0.29, 0.717) is 12.4 Å². The topological polar surface area (TPSA) is 38.7 Å². The second-order valence-electron chi connectivity index (χ2n) is 5.66. The third-order valence-corrected chi connectivity index (χ3v) is 4.80. The highest BCUT2D eigenvalue weighted by atomic mass is 79.9. The minimum atomic E-state index is 0.000558. The van der Waals surface area contributed by atoms with E-state index in [4.69, 9.17) is 9.47 Å². The van der Waals surface area contributed by atoms with Crippen LogP contribution in [0, 0.1) is 5.92 Å². The van der Waals surface area contributed by atoms with Gasteiger partial charge in [-0.1, -0.05) is 13.3 Å². The van der Waals surface area contributed by atoms with Crippen LogP contribution in [0.1, 0.15) is 51.5 Å². The first kappa shape index (κ1) is 16.6. The number of rotatable bonds is 6. The lowest BCUT2D eigenvalue weighted by molar-refractivity contribution is 0.123. The molecule has 0 unspecified atom stereocenters. The van der Waals surface area contributed by atoms with Crippen molar-refractivity contribution in [3.8, 4) is 11.5 Å². The second kappa shape index (κ2) is 8.04. The summed E-state index contributed by atoms with van der Waals surface area (Å²) in [5.74, 6) is 2.35. The van der Waals surface area contributed by atoms with Crippen LogP contribution < -0.4 is 9.47 Å². The van der Waals surface area contributed by atoms with Gasteiger partial charge in [0.15, 0.2) is 11.5 Å². The Labute approximate surface area is 135 Å². The van der Waals surface area contributed by atoms with Crippen molar-refractivity contribution in [2.75, 3.05) is 6.61 Å². The van der Waals surface area contributed by atoms with Crippen LogP contribution in [-0.4, -0.2) is 17.8 Å². The molecule has 0 radical (unpaired) electrons. The predicted molar refractivity (Wildman–Crippen MR) is 87.9 cm³/mol. The van der Waals surface area contributed by atoms with Gasteiger partial charge in [0.25, 0.3) is 0 Å². The number of aliphatic hydroxyl groups excluding tert-OH is 1. The van der Waals surface area contributed by atoms with Gasteiger partial charge in [-0.25, -0.2) is 0 Å². The summed E-state index contributed by atoms with van der Waals surface area (Å²) in [4.78, 5) is 0. The molecular weight excluding hydrogens is 332 g/mol. The molecule has 1 N–H and O–H groups in total. The Morgan fingerprint density at radius 1 is 1.19 bits per heavy atom. The first-order chi connectivity index (χ1) is 10.2. The fraction of sp³-hybridized carbons (Fsp3) is 0.647. The van der Waals surface area contributed by atoms with E-state index < -0.39 is 0 Å². The van der Waals surface area contributed by atoms with Crippen LogP contribution in [0.2, 0.25) is 0 Å². The van der Waals surface area contributed by atoms with E-state index in [-0.39, 0.29) is 12.7 Å². The normalized spacial score (nSPS) is 22.1. The maximum Gasteiger partial charge on any atom is 0.175 e. The molecule has 0 aliphatic heterocycles. The van der Waals surface area contributed by atoms with Crippen molar-refractivity contribution in [1.82, 2.24) is 0 Å². The molecule has 0 spiro atoms. The average Bonchev–Trinajstić information content (AvgIpc) is 2.51. The van der Waals surface area contributed by atoms with Gasteiger partial charge in [0.2, 0.25) is 0 Å². The highest BCUT2D eigenvalue weighted by Gasteiger charge is 2.23. The third kappa shape index (κ3) is 4.36. The van der Waals surface area contributed by atoms with Crippen molar-refractivity contribution in [2.45, 2.75) is 58.7 Å². The zero-order valence-electron chi connectivity index (χ0n) is 12.9. The average molecular weight is 357 g/mol. The standard InChI is InChI=1S/C17H25BrO3/c1-3-12-5-7-14(8-6-12)21-17-15(18)9-13(11-19)10-16(17)20-4-2/h9-10,12,14,19H,3-8,11H2,1-2H3. The SMILES string of the molecule is CCOc1cc(CO)cc(Br)c1OC1CCC(CC)CC1. The number of hydrogen-bond acceptors (Lipinski definition) is 3. The van der Waals surface area contributed by atoms with Gasteiger partial charge in [-0.05, 0) is 72.2 Å². The largest absolute Gasteiger partial charge is 0.490 e. The Hall–Kier alpha value is -0.740. The second-order valence-corrected chi connectivity index (χ2v) is 6.52. The van der Waals surface area contributed by atoms with Crippen molar-refractivity contribution in [2.24, 2.45) is 5.92 Å². The summed E-state index contributed by atoms with van der Waals surface area (Å²) < 4.78 is 12.7. The van der Waals surface area contributed by atoms with Crippen molar-refractivity contribution in [1.29, 1.82) is 0 Å². The molecule has 1 aliphatic carbocycles. The lowest BCUT2D eigenvalue weighted by atomic mass is 9.86. The van der Waals surface area contributed by atoms with E-state index in [1.165, 1.54) is 19.3 Å². The van der Waals surface area contributed by atoms with Crippen molar-refractivity contribution < 1.29 is 14.6 Å². The molecule has 0 bridgehead atoms. The molecule has 1 aromatic carbocycles. The number of hydrogen-bond donors (Lipinski definition) is 1. The minimum Gasteiger partial charge on any atom is -0.490 e. The molecule has 3 nitrogen and oxygen atoms in total. The van der Waals surface area contributed by atoms with E-state index in [1.807, 2.05) is 19.1 Å². The van der Waals surface area contributed by atoms with Crippen LogP contribution in [-0.2, 0) is 6.61 Å². The molecule has 1 fully saturated rings. The van der Waals surface area contributed by atoms with Crippen molar-refractivity contribution >= 4 is 15.9 Å². The van der Waals surface area contributed by atoms with Gasteiger partial charge in [-0.15, -0.1) is 0 Å². The van der Waals surface area contributed by atoms with Gasteiger partial charge in [0.1, 0.15) is 0 Å². The summed E-state index contributed by atoms with van der Waals surface area (Å²) in [5, 5.41) is 9.31. The predicted octanol–water partition coefficient (Wildman–Crippen LogP) is 4.69. The van der Waals surface area contributed by atoms with Crippen molar-refractivity contribution in [3.63, 3.8) is 0 Å². The van der Waals surface area contributed by atoms with E-state index >= 15 is 0 Å². The van der Waals surface area contributed by atoms with Gasteiger partial charge in [0.05, 0.1) is 23.8 Å². The van der Waals surface area contributed by atoms with E-state index in [2.05, 4.69) is 22.9 Å². The highest BCUT2D eigenvalue weighted by molar-refractivity contribution is 9.10. The smallest absolute Gasteiger partial charge is 0.175 e. The third-order valence-electron chi connectivity index (χ3n) is 4.21. The van der Waals surface area contributed by atoms with Crippen molar-refractivity contribution in [3.05, 3.63) is 22.2 Å². The number of halogens is 1. The number of ether oxygens (including phenoxy) is 2. The molecule has 0 saturated heterocycles. The zero-order chi connectivity index (χ0) is 15.2. The van der Waals surface area contributed by atoms with Crippen LogP contribution in [0.25, 0.3) is 0 Å². The summed E-state index contributed by atoms with van der Waals surface area (Å²) in [5.41, 5.74) is 0.826.